The number of amides is 2. The molecule has 0 N–H and O–H groups in total. The van der Waals surface area contributed by atoms with Gasteiger partial charge in [-0.1, -0.05) is 37.6 Å². The topological polar surface area (TPSA) is 49.9 Å². The van der Waals surface area contributed by atoms with Crippen LogP contribution in [0.15, 0.2) is 53.2 Å². The summed E-state index contributed by atoms with van der Waals surface area (Å²) in [6, 6.07) is 13.6. The molecular weight excluding hydrogens is 452 g/mol. The van der Waals surface area contributed by atoms with Crippen molar-refractivity contribution < 1.29 is 14.3 Å². The number of fused-ring (bicyclic) bond motifs is 1. The van der Waals surface area contributed by atoms with Gasteiger partial charge in [-0.05, 0) is 59.9 Å². The Bertz CT molecular complexity index is 1070. The van der Waals surface area contributed by atoms with E-state index in [0.717, 1.165) is 17.7 Å². The zero-order valence-electron chi connectivity index (χ0n) is 19.3. The van der Waals surface area contributed by atoms with Gasteiger partial charge >= 0.3 is 0 Å². The van der Waals surface area contributed by atoms with Crippen molar-refractivity contribution >= 4 is 34.5 Å². The summed E-state index contributed by atoms with van der Waals surface area (Å²) in [4.78, 5) is 32.2. The summed E-state index contributed by atoms with van der Waals surface area (Å²) in [5.41, 5.74) is 2.34. The van der Waals surface area contributed by atoms with Crippen LogP contribution < -0.4 is 4.74 Å². The molecule has 7 heteroatoms. The number of aryl methyl sites for hydroxylation is 1. The molecule has 174 valence electrons. The van der Waals surface area contributed by atoms with Crippen LogP contribution in [0.5, 0.6) is 5.75 Å². The Balaban J connectivity index is 1.52. The van der Waals surface area contributed by atoms with E-state index in [1.807, 2.05) is 53.6 Å². The lowest BCUT2D eigenvalue weighted by Crippen LogP contribution is -2.48. The van der Waals surface area contributed by atoms with Gasteiger partial charge in [0.1, 0.15) is 18.9 Å². The second-order valence-corrected chi connectivity index (χ2v) is 10.8. The summed E-state index contributed by atoms with van der Waals surface area (Å²) in [5.74, 6) is 0.958. The molecule has 3 heterocycles. The molecule has 0 unspecified atom stereocenters. The third kappa shape index (κ3) is 5.65. The van der Waals surface area contributed by atoms with Gasteiger partial charge in [-0.3, -0.25) is 9.59 Å². The number of hydrogen-bond donors (Lipinski definition) is 0. The van der Waals surface area contributed by atoms with E-state index in [1.54, 1.807) is 16.2 Å². The lowest BCUT2D eigenvalue weighted by atomic mass is 10.00. The first-order chi connectivity index (χ1) is 15.9. The van der Waals surface area contributed by atoms with Crippen molar-refractivity contribution in [2.75, 3.05) is 26.2 Å². The smallest absolute Gasteiger partial charge is 0.264 e. The molecule has 0 radical (unpaired) electrons. The highest BCUT2D eigenvalue weighted by Crippen LogP contribution is 2.34. The molecule has 0 bridgehead atoms. The van der Waals surface area contributed by atoms with Crippen molar-refractivity contribution in [3.63, 3.8) is 0 Å². The Kier molecular flexibility index (Phi) is 7.50. The molecule has 0 spiro atoms. The van der Waals surface area contributed by atoms with E-state index < -0.39 is 0 Å². The molecule has 2 aromatic heterocycles. The Morgan fingerprint density at radius 1 is 1.12 bits per heavy atom. The van der Waals surface area contributed by atoms with Crippen LogP contribution in [0.2, 0.25) is 0 Å². The first kappa shape index (κ1) is 23.5. The Morgan fingerprint density at radius 2 is 1.91 bits per heavy atom. The standard InChI is InChI=1S/C26H30N2O3S2/c1-18(2)15-27(26(30)24-5-4-13-32-24)16-25(29)28-12-10-23-21(11-14-33-23)22(28)17-31-20-8-6-19(3)7-9-20/h4-9,11,13-14,18,22H,10,12,15-17H2,1-3H3/t22-/m0/s1. The number of hydrogen-bond acceptors (Lipinski definition) is 5. The predicted molar refractivity (Wildman–Crippen MR) is 134 cm³/mol. The number of carbonyl (C=O) groups excluding carboxylic acids is 2. The van der Waals surface area contributed by atoms with Gasteiger partial charge in [0.2, 0.25) is 5.91 Å². The molecule has 0 fully saturated rings. The maximum Gasteiger partial charge on any atom is 0.264 e. The largest absolute Gasteiger partial charge is 0.491 e. The highest BCUT2D eigenvalue weighted by atomic mass is 32.1. The Hall–Kier alpha value is -2.64. The van der Waals surface area contributed by atoms with Crippen LogP contribution in [0.25, 0.3) is 0 Å². The van der Waals surface area contributed by atoms with Crippen LogP contribution >= 0.6 is 22.7 Å². The lowest BCUT2D eigenvalue weighted by molar-refractivity contribution is -0.135. The van der Waals surface area contributed by atoms with Gasteiger partial charge in [-0.25, -0.2) is 0 Å². The second-order valence-electron chi connectivity index (χ2n) is 8.83. The first-order valence-electron chi connectivity index (χ1n) is 11.3. The first-order valence-corrected chi connectivity index (χ1v) is 13.1. The third-order valence-corrected chi connectivity index (χ3v) is 7.63. The van der Waals surface area contributed by atoms with E-state index >= 15 is 0 Å². The summed E-state index contributed by atoms with van der Waals surface area (Å²) in [6.07, 6.45) is 0.836. The van der Waals surface area contributed by atoms with Crippen molar-refractivity contribution in [3.8, 4) is 5.75 Å². The van der Waals surface area contributed by atoms with E-state index in [9.17, 15) is 9.59 Å². The molecule has 0 saturated carbocycles. The molecule has 4 rings (SSSR count). The minimum atomic E-state index is -0.161. The van der Waals surface area contributed by atoms with Crippen molar-refractivity contribution in [3.05, 3.63) is 74.1 Å². The molecule has 1 aliphatic rings. The van der Waals surface area contributed by atoms with E-state index in [2.05, 4.69) is 25.3 Å². The monoisotopic (exact) mass is 482 g/mol. The lowest BCUT2D eigenvalue weighted by Gasteiger charge is -2.37. The summed E-state index contributed by atoms with van der Waals surface area (Å²) < 4.78 is 6.11. The van der Waals surface area contributed by atoms with Gasteiger partial charge in [0, 0.05) is 18.0 Å². The van der Waals surface area contributed by atoms with Crippen molar-refractivity contribution in [1.82, 2.24) is 9.80 Å². The van der Waals surface area contributed by atoms with Gasteiger partial charge in [-0.15, -0.1) is 22.7 Å². The average Bonchev–Trinajstić information content (AvgIpc) is 3.49. The van der Waals surface area contributed by atoms with Crippen LogP contribution in [-0.2, 0) is 11.2 Å². The van der Waals surface area contributed by atoms with Crippen LogP contribution in [-0.4, -0.2) is 47.9 Å². The highest BCUT2D eigenvalue weighted by Gasteiger charge is 2.33. The Morgan fingerprint density at radius 3 is 2.61 bits per heavy atom. The highest BCUT2D eigenvalue weighted by molar-refractivity contribution is 7.12. The molecule has 0 aliphatic carbocycles. The number of nitrogens with zero attached hydrogens (tertiary/aromatic N) is 2. The van der Waals surface area contributed by atoms with Gasteiger partial charge < -0.3 is 14.5 Å². The normalized spacial score (nSPS) is 15.4. The van der Waals surface area contributed by atoms with Crippen LogP contribution in [0.4, 0.5) is 0 Å². The molecule has 3 aromatic rings. The zero-order chi connectivity index (χ0) is 23.4. The van der Waals surface area contributed by atoms with Crippen LogP contribution in [0, 0.1) is 12.8 Å². The minimum absolute atomic E-state index is 0.0325. The minimum Gasteiger partial charge on any atom is -0.491 e. The Labute approximate surface area is 203 Å². The zero-order valence-corrected chi connectivity index (χ0v) is 21.0. The number of ether oxygens (including phenoxy) is 1. The molecule has 33 heavy (non-hydrogen) atoms. The van der Waals surface area contributed by atoms with E-state index in [0.29, 0.717) is 24.6 Å². The number of thiophene rings is 2. The molecule has 1 aromatic carbocycles. The summed E-state index contributed by atoms with van der Waals surface area (Å²) >= 11 is 3.15. The molecule has 0 saturated heterocycles. The summed E-state index contributed by atoms with van der Waals surface area (Å²) in [6.45, 7) is 7.83. The number of rotatable bonds is 8. The maximum atomic E-state index is 13.5. The van der Waals surface area contributed by atoms with E-state index in [-0.39, 0.29) is 30.3 Å². The van der Waals surface area contributed by atoms with Crippen molar-refractivity contribution in [2.45, 2.75) is 33.2 Å². The third-order valence-electron chi connectivity index (χ3n) is 5.77. The quantitative estimate of drug-likeness (QED) is 0.431. The maximum absolute atomic E-state index is 13.5. The molecule has 2 amide bonds. The van der Waals surface area contributed by atoms with E-state index in [1.165, 1.54) is 21.8 Å². The van der Waals surface area contributed by atoms with Crippen LogP contribution in [0.3, 0.4) is 0 Å². The van der Waals surface area contributed by atoms with Gasteiger partial charge in [0.25, 0.3) is 5.91 Å². The predicted octanol–water partition coefficient (Wildman–Crippen LogP) is 5.42. The SMILES string of the molecule is Cc1ccc(OC[C@H]2c3ccsc3CCN2C(=O)CN(CC(C)C)C(=O)c2cccs2)cc1. The fourth-order valence-electron chi connectivity index (χ4n) is 4.15. The molecule has 1 aliphatic heterocycles. The van der Waals surface area contributed by atoms with Gasteiger partial charge in [0.15, 0.2) is 0 Å². The molecule has 5 nitrogen and oxygen atoms in total. The van der Waals surface area contributed by atoms with Gasteiger partial charge in [0.05, 0.1) is 10.9 Å². The molecule has 1 atom stereocenters. The van der Waals surface area contributed by atoms with E-state index in [4.69, 9.17) is 4.74 Å². The average molecular weight is 483 g/mol. The number of carbonyl (C=O) groups is 2. The summed E-state index contributed by atoms with van der Waals surface area (Å²) in [7, 11) is 0. The fraction of sp³-hybridized carbons (Fsp3) is 0.385. The van der Waals surface area contributed by atoms with Crippen molar-refractivity contribution in [2.24, 2.45) is 5.92 Å². The molecular formula is C26H30N2O3S2. The van der Waals surface area contributed by atoms with Crippen LogP contribution in [0.1, 0.15) is 45.6 Å². The van der Waals surface area contributed by atoms with Crippen molar-refractivity contribution in [1.29, 1.82) is 0 Å². The van der Waals surface area contributed by atoms with Gasteiger partial charge in [-0.2, -0.15) is 0 Å². The number of benzene rings is 1. The summed E-state index contributed by atoms with van der Waals surface area (Å²) in [5, 5.41) is 3.98. The fourth-order valence-corrected chi connectivity index (χ4v) is 5.77. The second kappa shape index (κ2) is 10.5.